The van der Waals surface area contributed by atoms with Gasteiger partial charge >= 0.3 is 12.3 Å². The SMILES string of the molecule is CCc1nc2cc(F)ccn2c1C(=O)CCc1ccc(N2CCN(c3ccc(OC(F)(F)C(F)(F)F)cc3)[C@@H](C)C2)c(F)c1.Cl. The van der Waals surface area contributed by atoms with Gasteiger partial charge in [-0.15, -0.1) is 12.4 Å². The molecule has 1 aliphatic heterocycles. The minimum absolute atomic E-state index is 0. The first-order valence-corrected chi connectivity index (χ1v) is 14.0. The van der Waals surface area contributed by atoms with Crippen LogP contribution < -0.4 is 14.5 Å². The summed E-state index contributed by atoms with van der Waals surface area (Å²) in [6, 6.07) is 12.1. The Morgan fingerprint density at radius 3 is 2.33 bits per heavy atom. The van der Waals surface area contributed by atoms with Gasteiger partial charge in [0.25, 0.3) is 0 Å². The normalized spacial score (nSPS) is 15.7. The molecule has 45 heavy (non-hydrogen) atoms. The largest absolute Gasteiger partial charge is 0.499 e. The van der Waals surface area contributed by atoms with E-state index in [-0.39, 0.29) is 30.7 Å². The van der Waals surface area contributed by atoms with Crippen molar-refractivity contribution >= 4 is 35.2 Å². The predicted octanol–water partition coefficient (Wildman–Crippen LogP) is 7.66. The molecule has 14 heteroatoms. The molecule has 0 bridgehead atoms. The number of ether oxygens (including phenoxy) is 1. The number of ketones is 1. The molecule has 0 amide bonds. The number of rotatable bonds is 9. The number of halogens is 8. The number of nitrogens with zero attached hydrogens (tertiary/aromatic N) is 4. The number of carbonyl (C=O) groups excluding carboxylic acids is 1. The number of carbonyl (C=O) groups is 1. The number of Topliss-reactive ketones (excluding diaryl/α,β-unsaturated/α-hetero) is 1. The van der Waals surface area contributed by atoms with Crippen LogP contribution in [0.25, 0.3) is 5.65 Å². The molecule has 1 fully saturated rings. The molecule has 2 aromatic heterocycles. The molecule has 2 aromatic carbocycles. The number of benzene rings is 2. The Hall–Kier alpha value is -4.00. The topological polar surface area (TPSA) is 50.1 Å². The molecule has 1 aliphatic rings. The zero-order chi connectivity index (χ0) is 31.8. The van der Waals surface area contributed by atoms with Crippen LogP contribution in [-0.4, -0.2) is 53.1 Å². The highest BCUT2D eigenvalue weighted by molar-refractivity contribution is 5.96. The number of imidazole rings is 1. The van der Waals surface area contributed by atoms with Gasteiger partial charge in [0, 0.05) is 50.0 Å². The van der Waals surface area contributed by atoms with Crippen molar-refractivity contribution in [2.75, 3.05) is 29.4 Å². The quantitative estimate of drug-likeness (QED) is 0.137. The molecule has 0 N–H and O–H groups in total. The van der Waals surface area contributed by atoms with Gasteiger partial charge in [-0.1, -0.05) is 13.0 Å². The van der Waals surface area contributed by atoms with E-state index >= 15 is 4.39 Å². The number of aromatic nitrogens is 2. The van der Waals surface area contributed by atoms with Crippen LogP contribution in [0.15, 0.2) is 60.8 Å². The van der Waals surface area contributed by atoms with Gasteiger partial charge in [0.1, 0.15) is 28.7 Å². The molecular formula is C31H30ClF7N4O2. The molecule has 3 heterocycles. The fourth-order valence-corrected chi connectivity index (χ4v) is 5.42. The van der Waals surface area contributed by atoms with Gasteiger partial charge in [-0.3, -0.25) is 9.20 Å². The lowest BCUT2D eigenvalue weighted by atomic mass is 10.0. The lowest BCUT2D eigenvalue weighted by Crippen LogP contribution is -2.52. The van der Waals surface area contributed by atoms with Crippen LogP contribution in [0.1, 0.15) is 42.0 Å². The number of piperazine rings is 1. The molecule has 5 rings (SSSR count). The Balaban J connectivity index is 0.00000461. The number of fused-ring (bicyclic) bond motifs is 1. The Labute approximate surface area is 260 Å². The van der Waals surface area contributed by atoms with Crippen LogP contribution in [-0.2, 0) is 12.8 Å². The van der Waals surface area contributed by atoms with Crippen LogP contribution in [0.4, 0.5) is 42.1 Å². The standard InChI is InChI=1S/C31H29F7N4O2.ClH/c1-3-25-29(42-13-12-21(32)17-28(42)39-25)27(43)11-5-20-4-10-26(24(33)16-20)40-14-15-41(19(2)18-40)22-6-8-23(9-7-22)44-31(37,38)30(34,35)36;/h4,6-10,12-13,16-17,19H,3,5,11,14-15,18H2,1-2H3;1H/t19-;/m0./s1. The van der Waals surface area contributed by atoms with Gasteiger partial charge in [0.15, 0.2) is 5.78 Å². The molecule has 0 radical (unpaired) electrons. The molecule has 1 saturated heterocycles. The smallest absolute Gasteiger partial charge is 0.426 e. The monoisotopic (exact) mass is 658 g/mol. The van der Waals surface area contributed by atoms with E-state index in [4.69, 9.17) is 0 Å². The molecule has 0 aliphatic carbocycles. The van der Waals surface area contributed by atoms with Crippen molar-refractivity contribution in [1.82, 2.24) is 9.38 Å². The predicted molar refractivity (Wildman–Crippen MR) is 158 cm³/mol. The van der Waals surface area contributed by atoms with Crippen molar-refractivity contribution < 1.29 is 40.3 Å². The summed E-state index contributed by atoms with van der Waals surface area (Å²) in [5.41, 5.74) is 2.95. The van der Waals surface area contributed by atoms with Gasteiger partial charge in [0.05, 0.1) is 11.4 Å². The maximum atomic E-state index is 15.3. The number of alkyl halides is 5. The van der Waals surface area contributed by atoms with Crippen LogP contribution in [0, 0.1) is 11.6 Å². The summed E-state index contributed by atoms with van der Waals surface area (Å²) in [5.74, 6) is -1.69. The highest BCUT2D eigenvalue weighted by Crippen LogP contribution is 2.38. The summed E-state index contributed by atoms with van der Waals surface area (Å²) in [7, 11) is 0. The first-order chi connectivity index (χ1) is 20.8. The summed E-state index contributed by atoms with van der Waals surface area (Å²) >= 11 is 0. The Bertz CT molecular complexity index is 1660. The lowest BCUT2D eigenvalue weighted by Gasteiger charge is -2.42. The van der Waals surface area contributed by atoms with Crippen molar-refractivity contribution in [3.05, 3.63) is 89.4 Å². The summed E-state index contributed by atoms with van der Waals surface area (Å²) in [6.07, 6.45) is -8.75. The van der Waals surface area contributed by atoms with E-state index in [2.05, 4.69) is 9.72 Å². The first-order valence-electron chi connectivity index (χ1n) is 14.0. The van der Waals surface area contributed by atoms with E-state index < -0.39 is 29.7 Å². The molecule has 0 saturated carbocycles. The van der Waals surface area contributed by atoms with Gasteiger partial charge in [-0.2, -0.15) is 22.0 Å². The van der Waals surface area contributed by atoms with E-state index in [0.717, 1.165) is 12.1 Å². The number of anilines is 2. The fourth-order valence-electron chi connectivity index (χ4n) is 5.42. The van der Waals surface area contributed by atoms with E-state index in [1.807, 2.05) is 23.6 Å². The summed E-state index contributed by atoms with van der Waals surface area (Å²) in [5, 5.41) is 0. The first kappa shape index (κ1) is 33.9. The van der Waals surface area contributed by atoms with E-state index in [1.54, 1.807) is 16.5 Å². The Kier molecular flexibility index (Phi) is 9.91. The average Bonchev–Trinajstić information content (AvgIpc) is 3.33. The Morgan fingerprint density at radius 1 is 1.00 bits per heavy atom. The Morgan fingerprint density at radius 2 is 1.71 bits per heavy atom. The van der Waals surface area contributed by atoms with Crippen molar-refractivity contribution in [2.45, 2.75) is 51.4 Å². The van der Waals surface area contributed by atoms with Crippen molar-refractivity contribution in [2.24, 2.45) is 0 Å². The van der Waals surface area contributed by atoms with Crippen molar-refractivity contribution in [3.63, 3.8) is 0 Å². The highest BCUT2D eigenvalue weighted by atomic mass is 35.5. The van der Waals surface area contributed by atoms with E-state index in [0.29, 0.717) is 66.4 Å². The van der Waals surface area contributed by atoms with Crippen LogP contribution in [0.5, 0.6) is 5.75 Å². The second-order valence-electron chi connectivity index (χ2n) is 10.6. The minimum Gasteiger partial charge on any atom is -0.426 e. The molecule has 0 spiro atoms. The third-order valence-corrected chi connectivity index (χ3v) is 7.62. The third-order valence-electron chi connectivity index (χ3n) is 7.62. The minimum atomic E-state index is -5.83. The molecule has 242 valence electrons. The molecule has 0 unspecified atom stereocenters. The van der Waals surface area contributed by atoms with Crippen LogP contribution in [0.3, 0.4) is 0 Å². The zero-order valence-electron chi connectivity index (χ0n) is 24.3. The molecular weight excluding hydrogens is 629 g/mol. The maximum absolute atomic E-state index is 15.3. The average molecular weight is 659 g/mol. The fraction of sp³-hybridized carbons (Fsp3) is 0.355. The third kappa shape index (κ3) is 7.13. The van der Waals surface area contributed by atoms with Crippen LogP contribution in [0.2, 0.25) is 0 Å². The second-order valence-corrected chi connectivity index (χ2v) is 10.6. The summed E-state index contributed by atoms with van der Waals surface area (Å²) < 4.78 is 98.0. The molecule has 6 nitrogen and oxygen atoms in total. The van der Waals surface area contributed by atoms with Crippen molar-refractivity contribution in [1.29, 1.82) is 0 Å². The van der Waals surface area contributed by atoms with Gasteiger partial charge in [-0.05, 0) is 67.8 Å². The zero-order valence-corrected chi connectivity index (χ0v) is 25.1. The van der Waals surface area contributed by atoms with E-state index in [9.17, 15) is 31.1 Å². The molecule has 4 aromatic rings. The molecule has 1 atom stereocenters. The number of pyridine rings is 1. The van der Waals surface area contributed by atoms with Gasteiger partial charge in [-0.25, -0.2) is 13.8 Å². The second kappa shape index (κ2) is 13.2. The number of hydrogen-bond acceptors (Lipinski definition) is 5. The maximum Gasteiger partial charge on any atom is 0.499 e. The van der Waals surface area contributed by atoms with Crippen LogP contribution >= 0.6 is 12.4 Å². The van der Waals surface area contributed by atoms with Crippen molar-refractivity contribution in [3.8, 4) is 5.75 Å². The number of aryl methyl sites for hydroxylation is 2. The highest BCUT2D eigenvalue weighted by Gasteiger charge is 2.61. The van der Waals surface area contributed by atoms with E-state index in [1.165, 1.54) is 36.5 Å². The van der Waals surface area contributed by atoms with Gasteiger partial charge < -0.3 is 14.5 Å². The summed E-state index contributed by atoms with van der Waals surface area (Å²) in [6.45, 7) is 5.05. The summed E-state index contributed by atoms with van der Waals surface area (Å²) in [4.78, 5) is 21.3. The lowest BCUT2D eigenvalue weighted by molar-refractivity contribution is -0.360. The number of hydrogen-bond donors (Lipinski definition) is 0. The van der Waals surface area contributed by atoms with Gasteiger partial charge in [0.2, 0.25) is 0 Å².